The zero-order valence-electron chi connectivity index (χ0n) is 14.4. The van der Waals surface area contributed by atoms with Crippen LogP contribution in [0.25, 0.3) is 0 Å². The number of nitrogens with one attached hydrogen (secondary N) is 1. The monoisotopic (exact) mass is 367 g/mol. The van der Waals surface area contributed by atoms with E-state index >= 15 is 0 Å². The molecule has 0 spiro atoms. The van der Waals surface area contributed by atoms with Crippen molar-refractivity contribution in [2.24, 2.45) is 5.73 Å². The van der Waals surface area contributed by atoms with Crippen molar-refractivity contribution >= 4 is 29.9 Å². The molecule has 25 heavy (non-hydrogen) atoms. The molecular weight excluding hydrogens is 346 g/mol. The van der Waals surface area contributed by atoms with Crippen LogP contribution >= 0.6 is 12.4 Å². The number of benzene rings is 1. The fourth-order valence-corrected chi connectivity index (χ4v) is 1.92. The summed E-state index contributed by atoms with van der Waals surface area (Å²) in [4.78, 5) is 25.4. The smallest absolute Gasteiger partial charge is 0.259 e. The van der Waals surface area contributed by atoms with Crippen LogP contribution in [0.15, 0.2) is 34.9 Å². The highest BCUT2D eigenvalue weighted by molar-refractivity contribution is 6.05. The van der Waals surface area contributed by atoms with E-state index in [0.717, 1.165) is 5.56 Å². The zero-order chi connectivity index (χ0) is 17.7. The number of carbonyl (C=O) groups is 2. The molecule has 136 valence electrons. The number of likely N-dealkylation sites (N-methyl/N-ethyl adjacent to an activating group) is 1. The molecule has 0 atom stereocenters. The lowest BCUT2D eigenvalue weighted by atomic mass is 10.2. The third-order valence-corrected chi connectivity index (χ3v) is 3.35. The summed E-state index contributed by atoms with van der Waals surface area (Å²) in [6, 6.07) is 6.92. The number of ether oxygens (including phenoxy) is 1. The largest absolute Gasteiger partial charge is 0.482 e. The van der Waals surface area contributed by atoms with Gasteiger partial charge in [-0.05, 0) is 30.7 Å². The number of carbonyl (C=O) groups excluding carboxylic acids is 2. The van der Waals surface area contributed by atoms with Crippen LogP contribution in [0.1, 0.15) is 21.7 Å². The van der Waals surface area contributed by atoms with Gasteiger partial charge in [-0.25, -0.2) is 0 Å². The molecule has 8 heteroatoms. The standard InChI is InChI=1S/C17H21N3O4.ClH/c1-11-4-5-14(15(6-11)24-10-16(21)20(2)3)19-17(22)12-7-13(8-18)23-9-12;/h4-7,9H,8,10,18H2,1-3H3,(H,19,22);1H. The molecule has 0 unspecified atom stereocenters. The molecule has 1 aromatic heterocycles. The molecule has 7 nitrogen and oxygen atoms in total. The molecule has 0 aliphatic heterocycles. The van der Waals surface area contributed by atoms with Gasteiger partial charge in [-0.2, -0.15) is 0 Å². The molecule has 0 fully saturated rings. The summed E-state index contributed by atoms with van der Waals surface area (Å²) in [6.07, 6.45) is 1.35. The minimum Gasteiger partial charge on any atom is -0.482 e. The van der Waals surface area contributed by atoms with Gasteiger partial charge in [0, 0.05) is 14.1 Å². The van der Waals surface area contributed by atoms with Crippen molar-refractivity contribution in [1.29, 1.82) is 0 Å². The minimum atomic E-state index is -0.342. The van der Waals surface area contributed by atoms with Gasteiger partial charge < -0.3 is 25.1 Å². The summed E-state index contributed by atoms with van der Waals surface area (Å²) >= 11 is 0. The van der Waals surface area contributed by atoms with E-state index in [1.54, 1.807) is 32.3 Å². The molecule has 1 heterocycles. The Balaban J connectivity index is 0.00000312. The SMILES string of the molecule is Cc1ccc(NC(=O)c2coc(CN)c2)c(OCC(=O)N(C)C)c1.Cl. The Morgan fingerprint density at radius 3 is 2.60 bits per heavy atom. The molecule has 2 aromatic rings. The summed E-state index contributed by atoms with van der Waals surface area (Å²) < 4.78 is 10.7. The first-order chi connectivity index (χ1) is 11.4. The third kappa shape index (κ3) is 5.51. The molecule has 0 bridgehead atoms. The van der Waals surface area contributed by atoms with Crippen molar-refractivity contribution in [3.8, 4) is 5.75 Å². The highest BCUT2D eigenvalue weighted by Crippen LogP contribution is 2.26. The van der Waals surface area contributed by atoms with Crippen molar-refractivity contribution in [2.75, 3.05) is 26.0 Å². The van der Waals surface area contributed by atoms with Crippen molar-refractivity contribution in [2.45, 2.75) is 13.5 Å². The van der Waals surface area contributed by atoms with Crippen molar-refractivity contribution in [3.63, 3.8) is 0 Å². The van der Waals surface area contributed by atoms with Crippen molar-refractivity contribution < 1.29 is 18.7 Å². The maximum absolute atomic E-state index is 12.3. The van der Waals surface area contributed by atoms with Gasteiger partial charge in [0.25, 0.3) is 11.8 Å². The first kappa shape index (κ1) is 20.5. The number of hydrogen-bond donors (Lipinski definition) is 2. The first-order valence-electron chi connectivity index (χ1n) is 7.43. The van der Waals surface area contributed by atoms with E-state index in [-0.39, 0.29) is 37.4 Å². The number of halogens is 1. The molecule has 0 saturated carbocycles. The van der Waals surface area contributed by atoms with Gasteiger partial charge in [-0.15, -0.1) is 12.4 Å². The predicted molar refractivity (Wildman–Crippen MR) is 97.2 cm³/mol. The number of furan rings is 1. The summed E-state index contributed by atoms with van der Waals surface area (Å²) in [5.74, 6) is 0.445. The van der Waals surface area contributed by atoms with Crippen LogP contribution in [0.3, 0.4) is 0 Å². The maximum Gasteiger partial charge on any atom is 0.259 e. The Morgan fingerprint density at radius 2 is 2.00 bits per heavy atom. The number of hydrogen-bond acceptors (Lipinski definition) is 5. The fraction of sp³-hybridized carbons (Fsp3) is 0.294. The van der Waals surface area contributed by atoms with Crippen LogP contribution in [-0.4, -0.2) is 37.4 Å². The molecule has 0 saturated heterocycles. The maximum atomic E-state index is 12.3. The average Bonchev–Trinajstić information content (AvgIpc) is 3.03. The first-order valence-corrected chi connectivity index (χ1v) is 7.43. The Labute approximate surface area is 152 Å². The van der Waals surface area contributed by atoms with Crippen LogP contribution in [0.2, 0.25) is 0 Å². The minimum absolute atomic E-state index is 0. The fourth-order valence-electron chi connectivity index (χ4n) is 1.92. The Kier molecular flexibility index (Phi) is 7.47. The zero-order valence-corrected chi connectivity index (χ0v) is 15.2. The topological polar surface area (TPSA) is 97.8 Å². The van der Waals surface area contributed by atoms with Gasteiger partial charge in [0.15, 0.2) is 6.61 Å². The Morgan fingerprint density at radius 1 is 1.28 bits per heavy atom. The molecule has 2 rings (SSSR count). The number of nitrogens with two attached hydrogens (primary N) is 1. The Hall–Kier alpha value is -2.51. The number of rotatable bonds is 6. The van der Waals surface area contributed by atoms with Crippen LogP contribution < -0.4 is 15.8 Å². The van der Waals surface area contributed by atoms with Crippen molar-refractivity contribution in [1.82, 2.24) is 4.90 Å². The van der Waals surface area contributed by atoms with E-state index in [2.05, 4.69) is 5.32 Å². The van der Waals surface area contributed by atoms with E-state index in [1.165, 1.54) is 11.2 Å². The van der Waals surface area contributed by atoms with E-state index in [4.69, 9.17) is 14.9 Å². The van der Waals surface area contributed by atoms with E-state index < -0.39 is 0 Å². The second-order valence-electron chi connectivity index (χ2n) is 5.54. The second kappa shape index (κ2) is 9.10. The number of amides is 2. The summed E-state index contributed by atoms with van der Waals surface area (Å²) in [5, 5.41) is 2.75. The van der Waals surface area contributed by atoms with Gasteiger partial charge in [-0.3, -0.25) is 9.59 Å². The number of nitrogens with zero attached hydrogens (tertiary/aromatic N) is 1. The molecular formula is C17H22ClN3O4. The molecule has 1 aromatic carbocycles. The van der Waals surface area contributed by atoms with Gasteiger partial charge >= 0.3 is 0 Å². The van der Waals surface area contributed by atoms with Gasteiger partial charge in [0.1, 0.15) is 17.8 Å². The Bertz CT molecular complexity index is 743. The lowest BCUT2D eigenvalue weighted by Crippen LogP contribution is -2.27. The second-order valence-corrected chi connectivity index (χ2v) is 5.54. The molecule has 0 aliphatic carbocycles. The van der Waals surface area contributed by atoms with Crippen LogP contribution in [0.5, 0.6) is 5.75 Å². The normalized spacial score (nSPS) is 9.92. The third-order valence-electron chi connectivity index (χ3n) is 3.35. The summed E-state index contributed by atoms with van der Waals surface area (Å²) in [5.41, 5.74) is 7.27. The lowest BCUT2D eigenvalue weighted by Gasteiger charge is -2.15. The highest BCUT2D eigenvalue weighted by atomic mass is 35.5. The van der Waals surface area contributed by atoms with Crippen LogP contribution in [0, 0.1) is 6.92 Å². The van der Waals surface area contributed by atoms with E-state index in [9.17, 15) is 9.59 Å². The summed E-state index contributed by atoms with van der Waals surface area (Å²) in [7, 11) is 3.30. The van der Waals surface area contributed by atoms with Crippen LogP contribution in [0.4, 0.5) is 5.69 Å². The molecule has 3 N–H and O–H groups in total. The van der Waals surface area contributed by atoms with Gasteiger partial charge in [-0.1, -0.05) is 6.07 Å². The van der Waals surface area contributed by atoms with E-state index in [1.807, 2.05) is 13.0 Å². The van der Waals surface area contributed by atoms with E-state index in [0.29, 0.717) is 22.8 Å². The quantitative estimate of drug-likeness (QED) is 0.815. The lowest BCUT2D eigenvalue weighted by molar-refractivity contribution is -0.130. The van der Waals surface area contributed by atoms with Gasteiger partial charge in [0.2, 0.25) is 0 Å². The van der Waals surface area contributed by atoms with Crippen LogP contribution in [-0.2, 0) is 11.3 Å². The molecule has 2 amide bonds. The highest BCUT2D eigenvalue weighted by Gasteiger charge is 2.14. The number of aryl methyl sites for hydroxylation is 1. The van der Waals surface area contributed by atoms with Gasteiger partial charge in [0.05, 0.1) is 17.8 Å². The average molecular weight is 368 g/mol. The number of anilines is 1. The predicted octanol–water partition coefficient (Wildman–Crippen LogP) is 2.19. The van der Waals surface area contributed by atoms with Crippen molar-refractivity contribution in [3.05, 3.63) is 47.4 Å². The summed E-state index contributed by atoms with van der Waals surface area (Å²) in [6.45, 7) is 2.01. The molecule has 0 radical (unpaired) electrons. The molecule has 0 aliphatic rings.